The third kappa shape index (κ3) is 73.6. The van der Waals surface area contributed by atoms with Gasteiger partial charge in [0, 0.05) is 6.42 Å². The molecule has 3 unspecified atom stereocenters. The van der Waals surface area contributed by atoms with Gasteiger partial charge in [0.2, 0.25) is 5.91 Å². The van der Waals surface area contributed by atoms with Gasteiger partial charge in [-0.2, -0.15) is 0 Å². The van der Waals surface area contributed by atoms with E-state index in [-0.39, 0.29) is 19.1 Å². The normalized spacial score (nSPS) is 13.8. The second-order valence-corrected chi connectivity index (χ2v) is 29.8. The fourth-order valence-corrected chi connectivity index (χ4v) is 12.9. The molecule has 0 bridgehead atoms. The van der Waals surface area contributed by atoms with E-state index in [2.05, 4.69) is 67.8 Å². The van der Waals surface area contributed by atoms with Gasteiger partial charge in [0.25, 0.3) is 7.82 Å². The van der Waals surface area contributed by atoms with Crippen molar-refractivity contribution in [1.82, 2.24) is 5.32 Å². The van der Waals surface area contributed by atoms with Crippen LogP contribution in [0.15, 0.2) is 60.8 Å². The topological polar surface area (TPSA) is 108 Å². The van der Waals surface area contributed by atoms with E-state index in [1.165, 1.54) is 315 Å². The maximum atomic E-state index is 13.1. The van der Waals surface area contributed by atoms with E-state index >= 15 is 0 Å². The van der Waals surface area contributed by atoms with Crippen molar-refractivity contribution in [3.05, 3.63) is 60.8 Å². The van der Waals surface area contributed by atoms with Crippen molar-refractivity contribution in [2.45, 2.75) is 411 Å². The summed E-state index contributed by atoms with van der Waals surface area (Å²) in [7, 11) is 1.28. The summed E-state index contributed by atoms with van der Waals surface area (Å²) in [5.41, 5.74) is 0. The minimum atomic E-state index is -4.61. The number of hydrogen-bond acceptors (Lipinski definition) is 6. The molecule has 0 aromatic heterocycles. The van der Waals surface area contributed by atoms with E-state index < -0.39 is 20.0 Å². The summed E-state index contributed by atoms with van der Waals surface area (Å²) in [5, 5.41) is 14.0. The van der Waals surface area contributed by atoms with Crippen molar-refractivity contribution in [2.24, 2.45) is 0 Å². The molecular formula is C81H155N2O6P. The Labute approximate surface area is 562 Å². The zero-order valence-electron chi connectivity index (χ0n) is 60.9. The Morgan fingerprint density at radius 1 is 0.400 bits per heavy atom. The van der Waals surface area contributed by atoms with E-state index in [0.29, 0.717) is 17.4 Å². The number of rotatable bonds is 74. The molecule has 0 aromatic rings. The number of aliphatic hydroxyl groups is 1. The van der Waals surface area contributed by atoms with Gasteiger partial charge in [-0.25, -0.2) is 0 Å². The van der Waals surface area contributed by atoms with Crippen LogP contribution in [0.4, 0.5) is 0 Å². The minimum Gasteiger partial charge on any atom is -0.756 e. The molecule has 3 atom stereocenters. The molecule has 0 aliphatic carbocycles. The minimum absolute atomic E-state index is 0.00105. The molecule has 0 fully saturated rings. The van der Waals surface area contributed by atoms with Gasteiger partial charge in [-0.05, 0) is 57.8 Å². The highest BCUT2D eigenvalue weighted by atomic mass is 31.2. The molecule has 530 valence electrons. The molecule has 0 heterocycles. The fourth-order valence-electron chi connectivity index (χ4n) is 12.2. The van der Waals surface area contributed by atoms with Gasteiger partial charge in [0.1, 0.15) is 13.2 Å². The van der Waals surface area contributed by atoms with Gasteiger partial charge in [-0.1, -0.05) is 396 Å². The molecule has 1 amide bonds. The molecule has 8 nitrogen and oxygen atoms in total. The highest BCUT2D eigenvalue weighted by Gasteiger charge is 2.23. The Balaban J connectivity index is 3.91. The number of nitrogens with one attached hydrogen (secondary N) is 1. The molecule has 90 heavy (non-hydrogen) atoms. The van der Waals surface area contributed by atoms with Crippen LogP contribution in [0.3, 0.4) is 0 Å². The van der Waals surface area contributed by atoms with Gasteiger partial charge in [-0.15, -0.1) is 0 Å². The van der Waals surface area contributed by atoms with Crippen molar-refractivity contribution < 1.29 is 32.9 Å². The van der Waals surface area contributed by atoms with E-state index in [9.17, 15) is 19.4 Å². The van der Waals surface area contributed by atoms with Gasteiger partial charge >= 0.3 is 0 Å². The zero-order chi connectivity index (χ0) is 65.5. The fraction of sp³-hybridized carbons (Fsp3) is 0.864. The average Bonchev–Trinajstić information content (AvgIpc) is 3.09. The molecule has 0 radical (unpaired) electrons. The number of phosphoric acid groups is 1. The van der Waals surface area contributed by atoms with Crippen molar-refractivity contribution >= 4 is 13.7 Å². The summed E-state index contributed by atoms with van der Waals surface area (Å²) in [5.74, 6) is -0.188. The summed E-state index contributed by atoms with van der Waals surface area (Å²) in [6.45, 7) is 4.60. The smallest absolute Gasteiger partial charge is 0.268 e. The predicted octanol–water partition coefficient (Wildman–Crippen LogP) is 25.3. The van der Waals surface area contributed by atoms with Crippen LogP contribution in [0.5, 0.6) is 0 Å². The Morgan fingerprint density at radius 3 is 0.989 bits per heavy atom. The number of phosphoric ester groups is 1. The van der Waals surface area contributed by atoms with Crippen LogP contribution in [0.25, 0.3) is 0 Å². The number of aliphatic hydroxyl groups excluding tert-OH is 1. The van der Waals surface area contributed by atoms with Crippen LogP contribution in [-0.2, 0) is 18.4 Å². The van der Waals surface area contributed by atoms with Gasteiger partial charge in [0.15, 0.2) is 0 Å². The second kappa shape index (κ2) is 71.5. The first kappa shape index (κ1) is 88.2. The lowest BCUT2D eigenvalue weighted by molar-refractivity contribution is -0.870. The largest absolute Gasteiger partial charge is 0.756 e. The number of quaternary nitrogens is 1. The van der Waals surface area contributed by atoms with Crippen LogP contribution in [0.1, 0.15) is 399 Å². The Morgan fingerprint density at radius 2 is 0.678 bits per heavy atom. The van der Waals surface area contributed by atoms with Gasteiger partial charge < -0.3 is 28.8 Å². The maximum absolute atomic E-state index is 13.1. The summed E-state index contributed by atoms with van der Waals surface area (Å²) < 4.78 is 23.5. The van der Waals surface area contributed by atoms with Crippen LogP contribution >= 0.6 is 7.82 Å². The number of allylic oxidation sites excluding steroid dienone is 9. The average molecular weight is 1280 g/mol. The molecule has 0 rings (SSSR count). The van der Waals surface area contributed by atoms with Crippen molar-refractivity contribution in [3.8, 4) is 0 Å². The van der Waals surface area contributed by atoms with E-state index in [0.717, 1.165) is 64.2 Å². The summed E-state index contributed by atoms with van der Waals surface area (Å²) >= 11 is 0. The monoisotopic (exact) mass is 1280 g/mol. The number of unbranched alkanes of at least 4 members (excludes halogenated alkanes) is 53. The molecule has 0 saturated heterocycles. The summed E-state index contributed by atoms with van der Waals surface area (Å²) in [6, 6.07) is -0.887. The zero-order valence-corrected chi connectivity index (χ0v) is 61.8. The van der Waals surface area contributed by atoms with Crippen LogP contribution in [-0.4, -0.2) is 68.5 Å². The van der Waals surface area contributed by atoms with Crippen molar-refractivity contribution in [2.75, 3.05) is 40.9 Å². The van der Waals surface area contributed by atoms with Gasteiger partial charge in [0.05, 0.1) is 39.9 Å². The molecule has 0 saturated carbocycles. The molecular weight excluding hydrogens is 1130 g/mol. The second-order valence-electron chi connectivity index (χ2n) is 28.4. The maximum Gasteiger partial charge on any atom is 0.268 e. The Kier molecular flexibility index (Phi) is 70.1. The van der Waals surface area contributed by atoms with Gasteiger partial charge in [-0.3, -0.25) is 9.36 Å². The molecule has 0 aliphatic rings. The lowest BCUT2D eigenvalue weighted by Gasteiger charge is -2.29. The van der Waals surface area contributed by atoms with E-state index in [1.807, 2.05) is 27.2 Å². The highest BCUT2D eigenvalue weighted by Crippen LogP contribution is 2.38. The molecule has 0 aliphatic heterocycles. The summed E-state index contributed by atoms with van der Waals surface area (Å²) in [6.07, 6.45) is 99.6. The van der Waals surface area contributed by atoms with Crippen LogP contribution in [0, 0.1) is 0 Å². The summed E-state index contributed by atoms with van der Waals surface area (Å²) in [4.78, 5) is 25.7. The third-order valence-corrected chi connectivity index (χ3v) is 19.2. The lowest BCUT2D eigenvalue weighted by Crippen LogP contribution is -2.45. The number of hydrogen-bond donors (Lipinski definition) is 2. The number of amides is 1. The Hall–Kier alpha value is -1.80. The van der Waals surface area contributed by atoms with Crippen LogP contribution < -0.4 is 10.2 Å². The lowest BCUT2D eigenvalue weighted by atomic mass is 10.0. The third-order valence-electron chi connectivity index (χ3n) is 18.2. The van der Waals surface area contributed by atoms with Crippen molar-refractivity contribution in [3.63, 3.8) is 0 Å². The van der Waals surface area contributed by atoms with E-state index in [4.69, 9.17) is 9.05 Å². The number of likely N-dealkylation sites (N-methyl/N-ethyl adjacent to an activating group) is 1. The van der Waals surface area contributed by atoms with Crippen LogP contribution in [0.2, 0.25) is 0 Å². The highest BCUT2D eigenvalue weighted by molar-refractivity contribution is 7.45. The molecule has 2 N–H and O–H groups in total. The predicted molar refractivity (Wildman–Crippen MR) is 394 cm³/mol. The van der Waals surface area contributed by atoms with E-state index in [1.54, 1.807) is 6.08 Å². The first-order chi connectivity index (χ1) is 44.0. The molecule has 0 spiro atoms. The Bertz CT molecular complexity index is 1650. The first-order valence-corrected chi connectivity index (χ1v) is 41.1. The number of nitrogens with zero attached hydrogens (tertiary/aromatic N) is 1. The standard InChI is InChI=1S/C81H155N2O6P/c1-6-8-10-12-14-16-18-20-22-24-26-28-30-32-34-35-36-37-38-39-40-41-42-43-44-45-46-47-49-51-53-55-57-59-61-63-65-67-69-71-73-75-81(85)82-79(78-89-90(86,87)88-77-76-83(3,4)5)80(84)74-72-70-68-66-64-62-60-58-56-54-52-50-48-33-31-29-27-25-23-21-19-17-15-13-11-9-7-2/h8,10,14,16,20,22,26,28,72,74,79-80,84H,6-7,9,11-13,15,17-19,21,23-25,27,29-71,73,75-78H2,1-5H3,(H-,82,85,86,87)/b10-8-,16-14-,22-20-,28-26-,74-72+. The number of carbonyl (C=O) groups excluding carboxylic acids is 1. The SMILES string of the molecule is CC/C=C\C/C=C\C/C=C\C/C=C\CCCCCCCCCCCCCCCCCCCCCCCCCCCCCCC(=O)NC(COP(=O)([O-])OCC[N+](C)(C)C)C(O)/C=C/CCCCCCCCCCCCCCCCCCCCCCCCCCC. The first-order valence-electron chi connectivity index (χ1n) is 39.7. The molecule has 9 heteroatoms. The number of carbonyl (C=O) groups is 1. The molecule has 0 aromatic carbocycles. The van der Waals surface area contributed by atoms with Crippen molar-refractivity contribution in [1.29, 1.82) is 0 Å². The quantitative estimate of drug-likeness (QED) is 0.0272.